The maximum absolute atomic E-state index is 12.5. The number of aryl methyl sites for hydroxylation is 1. The van der Waals surface area contributed by atoms with Crippen molar-refractivity contribution in [3.63, 3.8) is 0 Å². The molecule has 3 aromatic heterocycles. The van der Waals surface area contributed by atoms with Crippen LogP contribution in [0, 0.1) is 18.3 Å². The highest BCUT2D eigenvalue weighted by Crippen LogP contribution is 2.36. The van der Waals surface area contributed by atoms with Gasteiger partial charge in [0.05, 0.1) is 17.2 Å². The molecule has 4 aromatic rings. The van der Waals surface area contributed by atoms with Gasteiger partial charge in [0.2, 0.25) is 0 Å². The Balaban J connectivity index is 1.51. The van der Waals surface area contributed by atoms with Gasteiger partial charge in [-0.25, -0.2) is 19.3 Å². The van der Waals surface area contributed by atoms with Gasteiger partial charge in [-0.05, 0) is 70.0 Å². The summed E-state index contributed by atoms with van der Waals surface area (Å²) < 4.78 is 7.24. The molecule has 0 radical (unpaired) electrons. The molecule has 0 bridgehead atoms. The Kier molecular flexibility index (Phi) is 6.67. The molecule has 194 valence electrons. The summed E-state index contributed by atoms with van der Waals surface area (Å²) in [5.74, 6) is 0.670. The Hall–Kier alpha value is -4.16. The molecule has 5 rings (SSSR count). The van der Waals surface area contributed by atoms with Crippen molar-refractivity contribution >= 4 is 29.2 Å². The van der Waals surface area contributed by atoms with Crippen LogP contribution >= 0.6 is 11.6 Å². The van der Waals surface area contributed by atoms with Crippen molar-refractivity contribution in [1.29, 1.82) is 5.26 Å². The molecule has 1 atom stereocenters. The molecule has 1 aromatic carbocycles. The summed E-state index contributed by atoms with van der Waals surface area (Å²) in [6.07, 6.45) is 2.32. The molecule has 0 unspecified atom stereocenters. The van der Waals surface area contributed by atoms with E-state index in [9.17, 15) is 10.1 Å². The Morgan fingerprint density at radius 3 is 2.74 bits per heavy atom. The molecule has 0 spiro atoms. The van der Waals surface area contributed by atoms with E-state index < -0.39 is 5.60 Å². The molecule has 1 amide bonds. The lowest BCUT2D eigenvalue weighted by Crippen LogP contribution is -2.36. The Labute approximate surface area is 226 Å². The smallest absolute Gasteiger partial charge is 0.410 e. The van der Waals surface area contributed by atoms with Crippen molar-refractivity contribution < 1.29 is 9.53 Å². The van der Waals surface area contributed by atoms with Gasteiger partial charge >= 0.3 is 6.09 Å². The number of carbonyl (C=O) groups excluding carboxylic acids is 1. The highest BCUT2D eigenvalue weighted by atomic mass is 35.5. The minimum Gasteiger partial charge on any atom is -0.444 e. The minimum atomic E-state index is -0.535. The highest BCUT2D eigenvalue weighted by Gasteiger charge is 2.30. The summed E-state index contributed by atoms with van der Waals surface area (Å²) in [7, 11) is 0. The number of hydrogen-bond donors (Lipinski definition) is 1. The maximum atomic E-state index is 12.5. The normalized spacial score (nSPS) is 15.5. The first-order valence-corrected chi connectivity index (χ1v) is 12.8. The lowest BCUT2D eigenvalue weighted by Gasteiger charge is -2.24. The van der Waals surface area contributed by atoms with Crippen molar-refractivity contribution in [2.45, 2.75) is 45.8 Å². The predicted octanol–water partition coefficient (Wildman–Crippen LogP) is 5.71. The standard InChI is InChI=1S/C28H28ClN7O2/c1-17-12-20(14-22(29)31-17)24-25(19-7-5-6-18(13-19)15-30)34-36-11-9-23(33-26(24)36)32-21-8-10-35(16-21)27(37)38-28(2,3)4/h5-7,9,11-14,21H,8,10,16H2,1-4H3,(H,32,33)/t21-/m1/s1. The number of rotatable bonds is 4. The minimum absolute atomic E-state index is 0.0354. The number of nitrogens with zero attached hydrogens (tertiary/aromatic N) is 6. The second-order valence-electron chi connectivity index (χ2n) is 10.4. The van der Waals surface area contributed by atoms with Crippen LogP contribution in [0.25, 0.3) is 28.0 Å². The lowest BCUT2D eigenvalue weighted by molar-refractivity contribution is 0.0293. The number of amides is 1. The zero-order chi connectivity index (χ0) is 27.0. The van der Waals surface area contributed by atoms with Crippen LogP contribution in [0.4, 0.5) is 10.6 Å². The topological polar surface area (TPSA) is 108 Å². The molecule has 4 heterocycles. The van der Waals surface area contributed by atoms with Gasteiger partial charge in [-0.2, -0.15) is 10.4 Å². The van der Waals surface area contributed by atoms with Crippen LogP contribution in [0.2, 0.25) is 5.15 Å². The van der Waals surface area contributed by atoms with E-state index in [2.05, 4.69) is 16.4 Å². The number of nitrogens with one attached hydrogen (secondary N) is 1. The fourth-order valence-corrected chi connectivity index (χ4v) is 4.82. The van der Waals surface area contributed by atoms with Gasteiger partial charge in [-0.15, -0.1) is 0 Å². The van der Waals surface area contributed by atoms with Gasteiger partial charge in [0.1, 0.15) is 22.3 Å². The Morgan fingerprint density at radius 2 is 2.00 bits per heavy atom. The van der Waals surface area contributed by atoms with Crippen molar-refractivity contribution in [1.82, 2.24) is 24.5 Å². The van der Waals surface area contributed by atoms with Crippen molar-refractivity contribution in [3.05, 3.63) is 65.1 Å². The monoisotopic (exact) mass is 529 g/mol. The molecule has 1 aliphatic heterocycles. The van der Waals surface area contributed by atoms with Gasteiger partial charge in [-0.3, -0.25) is 0 Å². The van der Waals surface area contributed by atoms with Crippen molar-refractivity contribution in [3.8, 4) is 28.5 Å². The number of pyridine rings is 1. The second-order valence-corrected chi connectivity index (χ2v) is 10.8. The van der Waals surface area contributed by atoms with E-state index in [1.807, 2.05) is 64.2 Å². The summed E-state index contributed by atoms with van der Waals surface area (Å²) in [6.45, 7) is 8.61. The number of hydrogen-bond acceptors (Lipinski definition) is 7. The number of halogens is 1. The van der Waals surface area contributed by atoms with Crippen LogP contribution in [-0.4, -0.2) is 55.3 Å². The molecule has 0 aliphatic carbocycles. The van der Waals surface area contributed by atoms with Crippen molar-refractivity contribution in [2.24, 2.45) is 0 Å². The van der Waals surface area contributed by atoms with E-state index >= 15 is 0 Å². The number of benzene rings is 1. The molecule has 10 heteroatoms. The van der Waals surface area contributed by atoms with Gasteiger partial charge in [0.15, 0.2) is 5.65 Å². The van der Waals surface area contributed by atoms with Crippen molar-refractivity contribution in [2.75, 3.05) is 18.4 Å². The molecular formula is C28H28ClN7O2. The van der Waals surface area contributed by atoms with Crippen LogP contribution in [0.15, 0.2) is 48.7 Å². The summed E-state index contributed by atoms with van der Waals surface area (Å²) >= 11 is 6.33. The van der Waals surface area contributed by atoms with Gasteiger partial charge in [0.25, 0.3) is 0 Å². The van der Waals surface area contributed by atoms with E-state index in [-0.39, 0.29) is 12.1 Å². The number of fused-ring (bicyclic) bond motifs is 1. The third kappa shape index (κ3) is 5.41. The zero-order valence-electron chi connectivity index (χ0n) is 21.7. The Morgan fingerprint density at radius 1 is 1.18 bits per heavy atom. The number of anilines is 1. The number of likely N-dealkylation sites (tertiary alicyclic amines) is 1. The molecule has 0 saturated carbocycles. The number of aromatic nitrogens is 4. The fourth-order valence-electron chi connectivity index (χ4n) is 4.57. The van der Waals surface area contributed by atoms with Crippen LogP contribution in [0.1, 0.15) is 38.4 Å². The van der Waals surface area contributed by atoms with Gasteiger partial charge < -0.3 is 15.0 Å². The highest BCUT2D eigenvalue weighted by molar-refractivity contribution is 6.29. The first-order chi connectivity index (χ1) is 18.1. The summed E-state index contributed by atoms with van der Waals surface area (Å²) in [6, 6.07) is 15.2. The zero-order valence-corrected chi connectivity index (χ0v) is 22.5. The molecule has 1 fully saturated rings. The van der Waals surface area contributed by atoms with E-state index in [1.54, 1.807) is 21.5 Å². The number of ether oxygens (including phenoxy) is 1. The SMILES string of the molecule is Cc1cc(-c2c(-c3cccc(C#N)c3)nn3ccc(N[C@@H]4CCN(C(=O)OC(C)(C)C)C4)nc23)cc(Cl)n1. The largest absolute Gasteiger partial charge is 0.444 e. The maximum Gasteiger partial charge on any atom is 0.410 e. The second kappa shape index (κ2) is 9.95. The third-order valence-electron chi connectivity index (χ3n) is 6.15. The summed E-state index contributed by atoms with van der Waals surface area (Å²) in [5.41, 5.74) is 4.52. The lowest BCUT2D eigenvalue weighted by atomic mass is 10.00. The molecule has 9 nitrogen and oxygen atoms in total. The van der Waals surface area contributed by atoms with Gasteiger partial charge in [0, 0.05) is 36.6 Å². The van der Waals surface area contributed by atoms with Crippen LogP contribution in [-0.2, 0) is 4.74 Å². The molecule has 1 N–H and O–H groups in total. The number of carbonyl (C=O) groups is 1. The van der Waals surface area contributed by atoms with E-state index in [4.69, 9.17) is 26.4 Å². The fraction of sp³-hybridized carbons (Fsp3) is 0.321. The van der Waals surface area contributed by atoms with E-state index in [0.29, 0.717) is 41.0 Å². The average molecular weight is 530 g/mol. The Bertz CT molecular complexity index is 1550. The summed E-state index contributed by atoms with van der Waals surface area (Å²) in [5, 5.41) is 18.1. The summed E-state index contributed by atoms with van der Waals surface area (Å²) in [4.78, 5) is 23.4. The number of nitriles is 1. The van der Waals surface area contributed by atoms with Crippen LogP contribution < -0.4 is 5.32 Å². The van der Waals surface area contributed by atoms with E-state index in [0.717, 1.165) is 28.8 Å². The first-order valence-electron chi connectivity index (χ1n) is 12.4. The third-order valence-corrected chi connectivity index (χ3v) is 6.35. The van der Waals surface area contributed by atoms with Crippen LogP contribution in [0.5, 0.6) is 0 Å². The molecule has 1 aliphatic rings. The first kappa shape index (κ1) is 25.5. The van der Waals surface area contributed by atoms with Gasteiger partial charge in [-0.1, -0.05) is 23.7 Å². The quantitative estimate of drug-likeness (QED) is 0.337. The van der Waals surface area contributed by atoms with Crippen LogP contribution in [0.3, 0.4) is 0 Å². The molecule has 1 saturated heterocycles. The van der Waals surface area contributed by atoms with E-state index in [1.165, 1.54) is 0 Å². The molecule has 38 heavy (non-hydrogen) atoms. The molecular weight excluding hydrogens is 502 g/mol. The average Bonchev–Trinajstić information content (AvgIpc) is 3.47. The predicted molar refractivity (Wildman–Crippen MR) is 146 cm³/mol.